The third-order valence-electron chi connectivity index (χ3n) is 3.69. The predicted octanol–water partition coefficient (Wildman–Crippen LogP) is 2.01. The van der Waals surface area contributed by atoms with Gasteiger partial charge in [-0.3, -0.25) is 18.7 Å². The van der Waals surface area contributed by atoms with Gasteiger partial charge < -0.3 is 9.47 Å². The first-order chi connectivity index (χ1) is 11.6. The summed E-state index contributed by atoms with van der Waals surface area (Å²) >= 11 is 0. The maximum Gasteiger partial charge on any atom is 0.321 e. The largest absolute Gasteiger partial charge is 0.497 e. The minimum absolute atomic E-state index is 0.597. The Balaban J connectivity index is 2.05. The number of benzene rings is 2. The summed E-state index contributed by atoms with van der Waals surface area (Å²) in [5.74, 6) is 1.36. The summed E-state index contributed by atoms with van der Waals surface area (Å²) in [5, 5.41) is 0. The van der Waals surface area contributed by atoms with Crippen LogP contribution in [0.2, 0.25) is 0 Å². The lowest BCUT2D eigenvalue weighted by Gasteiger charge is -2.10. The number of hydrogen-bond acceptors (Lipinski definition) is 4. The van der Waals surface area contributed by atoms with Crippen LogP contribution >= 0.6 is 0 Å². The normalized spacial score (nSPS) is 10.4. The van der Waals surface area contributed by atoms with E-state index in [2.05, 4.69) is 0 Å². The molecule has 0 bridgehead atoms. The lowest BCUT2D eigenvalue weighted by molar-refractivity contribution is 0.414. The molecule has 0 aliphatic carbocycles. The quantitative estimate of drug-likeness (QED) is 0.689. The minimum atomic E-state index is -0.626. The van der Waals surface area contributed by atoms with Gasteiger partial charge >= 0.3 is 11.1 Å². The minimum Gasteiger partial charge on any atom is -0.497 e. The molecule has 6 nitrogen and oxygen atoms in total. The summed E-state index contributed by atoms with van der Waals surface area (Å²) in [6.07, 6.45) is 3.13. The molecule has 0 aliphatic heterocycles. The average Bonchev–Trinajstić information content (AvgIpc) is 2.64. The van der Waals surface area contributed by atoms with E-state index in [1.165, 1.54) is 9.13 Å². The topological polar surface area (TPSA) is 62.5 Å². The van der Waals surface area contributed by atoms with Gasteiger partial charge in [0.25, 0.3) is 0 Å². The maximum atomic E-state index is 12.4. The average molecular weight is 324 g/mol. The third-order valence-corrected chi connectivity index (χ3v) is 3.69. The van der Waals surface area contributed by atoms with E-state index in [0.717, 1.165) is 0 Å². The molecular formula is C18H16N2O4. The van der Waals surface area contributed by atoms with Crippen molar-refractivity contribution in [2.45, 2.75) is 0 Å². The Morgan fingerprint density at radius 1 is 0.625 bits per heavy atom. The molecule has 0 radical (unpaired) electrons. The molecule has 0 N–H and O–H groups in total. The van der Waals surface area contributed by atoms with Crippen molar-refractivity contribution in [3.63, 3.8) is 0 Å². The lowest BCUT2D eigenvalue weighted by atomic mass is 10.3. The van der Waals surface area contributed by atoms with Crippen molar-refractivity contribution in [2.24, 2.45) is 0 Å². The van der Waals surface area contributed by atoms with Gasteiger partial charge in [-0.1, -0.05) is 0 Å². The summed E-state index contributed by atoms with van der Waals surface area (Å²) in [6.45, 7) is 0. The van der Waals surface area contributed by atoms with Crippen LogP contribution in [0.3, 0.4) is 0 Å². The molecule has 3 rings (SSSR count). The van der Waals surface area contributed by atoms with Gasteiger partial charge in [-0.15, -0.1) is 0 Å². The Kier molecular flexibility index (Phi) is 4.20. The van der Waals surface area contributed by atoms with Crippen molar-refractivity contribution in [2.75, 3.05) is 14.2 Å². The molecule has 0 saturated carbocycles. The van der Waals surface area contributed by atoms with Gasteiger partial charge in [0.05, 0.1) is 14.2 Å². The van der Waals surface area contributed by atoms with Crippen molar-refractivity contribution < 1.29 is 9.47 Å². The highest BCUT2D eigenvalue weighted by atomic mass is 16.5. The summed E-state index contributed by atoms with van der Waals surface area (Å²) in [4.78, 5) is 24.8. The number of rotatable bonds is 4. The number of nitrogens with zero attached hydrogens (tertiary/aromatic N) is 2. The molecule has 2 aromatic carbocycles. The standard InChI is InChI=1S/C18H16N2O4/c1-23-15-7-3-13(4-8-15)19-11-12-20(18(22)17(19)21)14-5-9-16(24-2)10-6-14/h3-12H,1-2H3. The first kappa shape index (κ1) is 15.6. The highest BCUT2D eigenvalue weighted by molar-refractivity contribution is 5.39. The van der Waals surface area contributed by atoms with Crippen molar-refractivity contribution in [3.8, 4) is 22.9 Å². The van der Waals surface area contributed by atoms with Crippen LogP contribution in [0.15, 0.2) is 70.5 Å². The van der Waals surface area contributed by atoms with Crippen LogP contribution in [0.1, 0.15) is 0 Å². The molecule has 0 unspecified atom stereocenters. The Bertz CT molecular complexity index is 874. The second-order valence-corrected chi connectivity index (χ2v) is 5.04. The molecule has 0 atom stereocenters. The van der Waals surface area contributed by atoms with Crippen LogP contribution in [-0.2, 0) is 0 Å². The molecule has 3 aromatic rings. The Hall–Kier alpha value is -3.28. The third kappa shape index (κ3) is 2.81. The molecule has 24 heavy (non-hydrogen) atoms. The SMILES string of the molecule is COc1ccc(-n2ccn(-c3ccc(OC)cc3)c(=O)c2=O)cc1. The van der Waals surface area contributed by atoms with Gasteiger partial charge in [-0.2, -0.15) is 0 Å². The molecule has 0 amide bonds. The molecule has 1 aromatic heterocycles. The number of ether oxygens (including phenoxy) is 2. The molecule has 1 heterocycles. The Morgan fingerprint density at radius 3 is 1.25 bits per heavy atom. The van der Waals surface area contributed by atoms with Crippen molar-refractivity contribution >= 4 is 0 Å². The highest BCUT2D eigenvalue weighted by Gasteiger charge is 2.08. The maximum absolute atomic E-state index is 12.4. The first-order valence-corrected chi connectivity index (χ1v) is 7.27. The van der Waals surface area contributed by atoms with Gasteiger partial charge in [0, 0.05) is 23.8 Å². The highest BCUT2D eigenvalue weighted by Crippen LogP contribution is 2.15. The fraction of sp³-hybridized carbons (Fsp3) is 0.111. The summed E-state index contributed by atoms with van der Waals surface area (Å²) in [5.41, 5.74) is -0.0588. The lowest BCUT2D eigenvalue weighted by Crippen LogP contribution is -2.39. The van der Waals surface area contributed by atoms with Gasteiger partial charge in [0.1, 0.15) is 11.5 Å². The number of hydrogen-bond donors (Lipinski definition) is 0. The van der Waals surface area contributed by atoms with E-state index in [4.69, 9.17) is 9.47 Å². The van der Waals surface area contributed by atoms with Gasteiger partial charge in [-0.05, 0) is 48.5 Å². The summed E-state index contributed by atoms with van der Waals surface area (Å²) < 4.78 is 12.8. The van der Waals surface area contributed by atoms with Gasteiger partial charge in [-0.25, -0.2) is 0 Å². The fourth-order valence-corrected chi connectivity index (χ4v) is 2.37. The van der Waals surface area contributed by atoms with E-state index in [-0.39, 0.29) is 0 Å². The zero-order valence-electron chi connectivity index (χ0n) is 13.3. The van der Waals surface area contributed by atoms with Crippen molar-refractivity contribution in [1.29, 1.82) is 0 Å². The molecule has 0 aliphatic rings. The van der Waals surface area contributed by atoms with Crippen molar-refractivity contribution in [3.05, 3.63) is 81.6 Å². The molecule has 0 saturated heterocycles. The second-order valence-electron chi connectivity index (χ2n) is 5.04. The van der Waals surface area contributed by atoms with E-state index >= 15 is 0 Å². The second kappa shape index (κ2) is 6.45. The predicted molar refractivity (Wildman–Crippen MR) is 90.7 cm³/mol. The monoisotopic (exact) mass is 324 g/mol. The van der Waals surface area contributed by atoms with E-state index in [1.807, 2.05) is 0 Å². The van der Waals surface area contributed by atoms with Crippen LogP contribution in [0.4, 0.5) is 0 Å². The molecule has 0 spiro atoms. The van der Waals surface area contributed by atoms with Crippen molar-refractivity contribution in [1.82, 2.24) is 9.13 Å². The van der Waals surface area contributed by atoms with E-state index in [0.29, 0.717) is 22.9 Å². The summed E-state index contributed by atoms with van der Waals surface area (Å²) in [6, 6.07) is 13.8. The van der Waals surface area contributed by atoms with Crippen LogP contribution in [0.5, 0.6) is 11.5 Å². The van der Waals surface area contributed by atoms with Crippen LogP contribution in [0.25, 0.3) is 11.4 Å². The zero-order valence-corrected chi connectivity index (χ0v) is 13.3. The number of methoxy groups -OCH3 is 2. The van der Waals surface area contributed by atoms with Crippen LogP contribution in [-0.4, -0.2) is 23.4 Å². The fourth-order valence-electron chi connectivity index (χ4n) is 2.37. The molecule has 0 fully saturated rings. The molecule has 122 valence electrons. The van der Waals surface area contributed by atoms with E-state index in [9.17, 15) is 9.59 Å². The Labute approximate surface area is 138 Å². The summed E-state index contributed by atoms with van der Waals surface area (Å²) in [7, 11) is 3.13. The van der Waals surface area contributed by atoms with Gasteiger partial charge in [0.15, 0.2) is 0 Å². The molecule has 6 heteroatoms. The first-order valence-electron chi connectivity index (χ1n) is 7.27. The smallest absolute Gasteiger partial charge is 0.321 e. The number of aromatic nitrogens is 2. The van der Waals surface area contributed by atoms with Crippen LogP contribution in [0, 0.1) is 0 Å². The zero-order chi connectivity index (χ0) is 17.1. The molecular weight excluding hydrogens is 308 g/mol. The van der Waals surface area contributed by atoms with E-state index in [1.54, 1.807) is 75.1 Å². The Morgan fingerprint density at radius 2 is 0.958 bits per heavy atom. The van der Waals surface area contributed by atoms with E-state index < -0.39 is 11.1 Å². The van der Waals surface area contributed by atoms with Crippen LogP contribution < -0.4 is 20.6 Å². The van der Waals surface area contributed by atoms with Gasteiger partial charge in [0.2, 0.25) is 0 Å².